The first-order valence-electron chi connectivity index (χ1n) is 4.18. The summed E-state index contributed by atoms with van der Waals surface area (Å²) in [6.45, 7) is 4.09. The van der Waals surface area contributed by atoms with Gasteiger partial charge in [0.1, 0.15) is 0 Å². The van der Waals surface area contributed by atoms with Crippen LogP contribution in [0.4, 0.5) is 0 Å². The third-order valence-corrected chi connectivity index (χ3v) is 2.68. The van der Waals surface area contributed by atoms with E-state index in [0.717, 1.165) is 21.2 Å². The molecule has 0 aliphatic heterocycles. The summed E-state index contributed by atoms with van der Waals surface area (Å²) < 4.78 is 1.07. The molecule has 70 valence electrons. The number of aliphatic hydroxyl groups excluding tert-OH is 1. The van der Waals surface area contributed by atoms with Crippen molar-refractivity contribution in [3.8, 4) is 0 Å². The van der Waals surface area contributed by atoms with Gasteiger partial charge in [0.2, 0.25) is 0 Å². The van der Waals surface area contributed by atoms with E-state index in [1.54, 1.807) is 0 Å². The Bertz CT molecular complexity index is 311. The molecule has 0 saturated carbocycles. The van der Waals surface area contributed by atoms with Crippen LogP contribution >= 0.6 is 15.9 Å². The topological polar surface area (TPSA) is 20.2 Å². The van der Waals surface area contributed by atoms with Gasteiger partial charge in [0.15, 0.2) is 0 Å². The number of halogens is 1. The van der Waals surface area contributed by atoms with Crippen LogP contribution in [0.15, 0.2) is 34.3 Å². The van der Waals surface area contributed by atoms with Crippen molar-refractivity contribution < 1.29 is 5.11 Å². The number of rotatable bonds is 2. The minimum Gasteiger partial charge on any atom is -0.392 e. The third-order valence-electron chi connectivity index (χ3n) is 2.15. The summed E-state index contributed by atoms with van der Waals surface area (Å²) in [5.41, 5.74) is 3.33. The van der Waals surface area contributed by atoms with E-state index in [-0.39, 0.29) is 6.61 Å². The SMILES string of the molecule is CC(CO)=C(C)c1ccc(Br)cc1. The predicted molar refractivity (Wildman–Crippen MR) is 59.5 cm³/mol. The van der Waals surface area contributed by atoms with Crippen LogP contribution in [-0.2, 0) is 0 Å². The van der Waals surface area contributed by atoms with Crippen molar-refractivity contribution in [1.29, 1.82) is 0 Å². The Morgan fingerprint density at radius 3 is 2.23 bits per heavy atom. The molecule has 1 aromatic carbocycles. The van der Waals surface area contributed by atoms with Crippen LogP contribution in [-0.4, -0.2) is 11.7 Å². The van der Waals surface area contributed by atoms with Gasteiger partial charge in [-0.25, -0.2) is 0 Å². The van der Waals surface area contributed by atoms with Crippen LogP contribution < -0.4 is 0 Å². The molecule has 0 aliphatic carbocycles. The lowest BCUT2D eigenvalue weighted by Gasteiger charge is -2.05. The fraction of sp³-hybridized carbons (Fsp3) is 0.273. The van der Waals surface area contributed by atoms with Gasteiger partial charge in [-0.05, 0) is 42.7 Å². The first kappa shape index (κ1) is 10.5. The first-order valence-corrected chi connectivity index (χ1v) is 4.97. The monoisotopic (exact) mass is 240 g/mol. The lowest BCUT2D eigenvalue weighted by molar-refractivity contribution is 0.332. The van der Waals surface area contributed by atoms with Gasteiger partial charge >= 0.3 is 0 Å². The molecular formula is C11H13BrO. The molecule has 0 aliphatic rings. The standard InChI is InChI=1S/C11H13BrO/c1-8(7-13)9(2)10-3-5-11(12)6-4-10/h3-6,13H,7H2,1-2H3. The summed E-state index contributed by atoms with van der Waals surface area (Å²) in [4.78, 5) is 0. The van der Waals surface area contributed by atoms with Gasteiger partial charge in [0.25, 0.3) is 0 Å². The molecule has 0 radical (unpaired) electrons. The minimum absolute atomic E-state index is 0.127. The Morgan fingerprint density at radius 2 is 1.77 bits per heavy atom. The van der Waals surface area contributed by atoms with Crippen molar-refractivity contribution in [2.75, 3.05) is 6.61 Å². The highest BCUT2D eigenvalue weighted by Crippen LogP contribution is 2.19. The summed E-state index contributed by atoms with van der Waals surface area (Å²) in [6.07, 6.45) is 0. The van der Waals surface area contributed by atoms with Crippen molar-refractivity contribution in [3.63, 3.8) is 0 Å². The van der Waals surface area contributed by atoms with Gasteiger partial charge in [-0.2, -0.15) is 0 Å². The van der Waals surface area contributed by atoms with Crippen molar-refractivity contribution in [1.82, 2.24) is 0 Å². The van der Waals surface area contributed by atoms with Gasteiger partial charge in [-0.1, -0.05) is 28.1 Å². The molecule has 1 N–H and O–H groups in total. The highest BCUT2D eigenvalue weighted by Gasteiger charge is 1.98. The van der Waals surface area contributed by atoms with Gasteiger partial charge < -0.3 is 5.11 Å². The van der Waals surface area contributed by atoms with Crippen LogP contribution in [0.25, 0.3) is 5.57 Å². The Balaban J connectivity index is 3.02. The van der Waals surface area contributed by atoms with E-state index in [2.05, 4.69) is 15.9 Å². The van der Waals surface area contributed by atoms with Crippen LogP contribution in [0.1, 0.15) is 19.4 Å². The average molecular weight is 241 g/mol. The van der Waals surface area contributed by atoms with E-state index in [4.69, 9.17) is 5.11 Å². The van der Waals surface area contributed by atoms with E-state index in [9.17, 15) is 0 Å². The molecule has 0 heterocycles. The molecule has 0 atom stereocenters. The number of hydrogen-bond acceptors (Lipinski definition) is 1. The molecular weight excluding hydrogens is 228 g/mol. The maximum atomic E-state index is 8.95. The van der Waals surface area contributed by atoms with Crippen LogP contribution in [0.3, 0.4) is 0 Å². The second-order valence-corrected chi connectivity index (χ2v) is 3.99. The maximum Gasteiger partial charge on any atom is 0.0644 e. The third kappa shape index (κ3) is 2.68. The van der Waals surface area contributed by atoms with Crippen molar-refractivity contribution in [2.24, 2.45) is 0 Å². The van der Waals surface area contributed by atoms with Crippen molar-refractivity contribution in [2.45, 2.75) is 13.8 Å². The lowest BCUT2D eigenvalue weighted by atomic mass is 10.0. The molecule has 0 unspecified atom stereocenters. The predicted octanol–water partition coefficient (Wildman–Crippen LogP) is 3.23. The Kier molecular flexibility index (Phi) is 3.70. The molecule has 1 aromatic rings. The van der Waals surface area contributed by atoms with E-state index in [1.807, 2.05) is 38.1 Å². The number of aliphatic hydroxyl groups is 1. The van der Waals surface area contributed by atoms with Gasteiger partial charge in [-0.15, -0.1) is 0 Å². The number of benzene rings is 1. The zero-order valence-electron chi connectivity index (χ0n) is 7.84. The molecule has 0 fully saturated rings. The van der Waals surface area contributed by atoms with E-state index < -0.39 is 0 Å². The fourth-order valence-corrected chi connectivity index (χ4v) is 1.33. The molecule has 0 bridgehead atoms. The minimum atomic E-state index is 0.127. The van der Waals surface area contributed by atoms with Gasteiger partial charge in [0.05, 0.1) is 6.61 Å². The maximum absolute atomic E-state index is 8.95. The van der Waals surface area contributed by atoms with Crippen molar-refractivity contribution >= 4 is 21.5 Å². The quantitative estimate of drug-likeness (QED) is 0.842. The number of allylic oxidation sites excluding steroid dienone is 1. The van der Waals surface area contributed by atoms with Gasteiger partial charge in [0, 0.05) is 4.47 Å². The molecule has 0 amide bonds. The number of hydrogen-bond donors (Lipinski definition) is 1. The molecule has 13 heavy (non-hydrogen) atoms. The second-order valence-electron chi connectivity index (χ2n) is 3.07. The molecule has 0 aromatic heterocycles. The average Bonchev–Trinajstić information content (AvgIpc) is 2.17. The second kappa shape index (κ2) is 4.58. The van der Waals surface area contributed by atoms with Gasteiger partial charge in [-0.3, -0.25) is 0 Å². The van der Waals surface area contributed by atoms with Crippen molar-refractivity contribution in [3.05, 3.63) is 39.9 Å². The van der Waals surface area contributed by atoms with E-state index in [1.165, 1.54) is 0 Å². The Morgan fingerprint density at radius 1 is 1.23 bits per heavy atom. The lowest BCUT2D eigenvalue weighted by Crippen LogP contribution is -1.89. The molecule has 2 heteroatoms. The Labute approximate surface area is 87.2 Å². The molecule has 1 nitrogen and oxygen atoms in total. The zero-order valence-corrected chi connectivity index (χ0v) is 9.43. The normalized spacial score (nSPS) is 12.6. The van der Waals surface area contributed by atoms with Crippen LogP contribution in [0, 0.1) is 0 Å². The summed E-state index contributed by atoms with van der Waals surface area (Å²) in [6, 6.07) is 8.09. The molecule has 0 saturated heterocycles. The summed E-state index contributed by atoms with van der Waals surface area (Å²) in [5, 5.41) is 8.95. The van der Waals surface area contributed by atoms with E-state index in [0.29, 0.717) is 0 Å². The first-order chi connectivity index (χ1) is 6.15. The summed E-state index contributed by atoms with van der Waals surface area (Å²) in [7, 11) is 0. The van der Waals surface area contributed by atoms with Crippen LogP contribution in [0.2, 0.25) is 0 Å². The van der Waals surface area contributed by atoms with Crippen LogP contribution in [0.5, 0.6) is 0 Å². The molecule has 0 spiro atoms. The smallest absolute Gasteiger partial charge is 0.0644 e. The fourth-order valence-electron chi connectivity index (χ4n) is 1.06. The van der Waals surface area contributed by atoms with E-state index >= 15 is 0 Å². The summed E-state index contributed by atoms with van der Waals surface area (Å²) in [5.74, 6) is 0. The highest BCUT2D eigenvalue weighted by molar-refractivity contribution is 9.10. The zero-order chi connectivity index (χ0) is 9.84. The summed E-state index contributed by atoms with van der Waals surface area (Å²) >= 11 is 3.38. The molecule has 1 rings (SSSR count). The Hall–Kier alpha value is -0.600. The highest BCUT2D eigenvalue weighted by atomic mass is 79.9. The largest absolute Gasteiger partial charge is 0.392 e.